The third-order valence-electron chi connectivity index (χ3n) is 3.74. The summed E-state index contributed by atoms with van der Waals surface area (Å²) in [5, 5.41) is 2.68. The van der Waals surface area contributed by atoms with Gasteiger partial charge in [-0.25, -0.2) is 4.79 Å². The zero-order valence-corrected chi connectivity index (χ0v) is 15.6. The number of benzene rings is 2. The van der Waals surface area contributed by atoms with Gasteiger partial charge in [0.2, 0.25) is 5.76 Å². The van der Waals surface area contributed by atoms with Crippen LogP contribution in [-0.2, 0) is 15.3 Å². The molecular weight excluding hydrogens is 362 g/mol. The van der Waals surface area contributed by atoms with Crippen molar-refractivity contribution in [2.75, 3.05) is 11.9 Å². The van der Waals surface area contributed by atoms with Gasteiger partial charge in [-0.3, -0.25) is 4.79 Å². The minimum absolute atomic E-state index is 0.126. The maximum absolute atomic E-state index is 12.2. The van der Waals surface area contributed by atoms with E-state index in [0.717, 1.165) is 16.0 Å². The van der Waals surface area contributed by atoms with E-state index < -0.39 is 11.9 Å². The van der Waals surface area contributed by atoms with Crippen molar-refractivity contribution >= 4 is 29.3 Å². The lowest BCUT2D eigenvalue weighted by molar-refractivity contribution is -0.119. The van der Waals surface area contributed by atoms with Crippen LogP contribution in [0.1, 0.15) is 21.7 Å². The van der Waals surface area contributed by atoms with E-state index in [1.54, 1.807) is 30.0 Å². The van der Waals surface area contributed by atoms with Crippen molar-refractivity contribution in [3.05, 3.63) is 83.8 Å². The summed E-state index contributed by atoms with van der Waals surface area (Å²) in [5.41, 5.74) is 2.48. The number of thioether (sulfide) groups is 1. The molecule has 0 saturated carbocycles. The molecule has 0 spiro atoms. The standard InChI is InChI=1S/C21H19NO4S/c1-15-7-9-17(10-8-15)22-19(23)13-26-21(24)20-16(11-12-25-20)14-27-18-5-3-2-4-6-18/h2-12H,13-14H2,1H3,(H,22,23). The van der Waals surface area contributed by atoms with Crippen LogP contribution in [0.3, 0.4) is 0 Å². The number of nitrogens with one attached hydrogen (secondary N) is 1. The number of amides is 1. The van der Waals surface area contributed by atoms with Gasteiger partial charge in [0.1, 0.15) is 0 Å². The molecule has 0 atom stereocenters. The molecule has 138 valence electrons. The van der Waals surface area contributed by atoms with Gasteiger partial charge < -0.3 is 14.5 Å². The summed E-state index contributed by atoms with van der Waals surface area (Å²) in [6.07, 6.45) is 1.45. The van der Waals surface area contributed by atoms with E-state index in [1.807, 2.05) is 49.4 Å². The molecule has 0 aliphatic rings. The summed E-state index contributed by atoms with van der Waals surface area (Å²) in [7, 11) is 0. The molecule has 2 aromatic carbocycles. The third kappa shape index (κ3) is 5.49. The van der Waals surface area contributed by atoms with Crippen molar-refractivity contribution in [1.29, 1.82) is 0 Å². The van der Waals surface area contributed by atoms with Crippen LogP contribution in [0, 0.1) is 6.92 Å². The highest BCUT2D eigenvalue weighted by Crippen LogP contribution is 2.25. The Kier molecular flexibility index (Phi) is 6.33. The zero-order chi connectivity index (χ0) is 19.1. The smallest absolute Gasteiger partial charge is 0.375 e. The van der Waals surface area contributed by atoms with Gasteiger partial charge in [0, 0.05) is 21.9 Å². The molecule has 1 amide bonds. The first kappa shape index (κ1) is 18.8. The van der Waals surface area contributed by atoms with E-state index >= 15 is 0 Å². The van der Waals surface area contributed by atoms with E-state index in [9.17, 15) is 9.59 Å². The van der Waals surface area contributed by atoms with Gasteiger partial charge in [-0.05, 0) is 37.3 Å². The Morgan fingerprint density at radius 1 is 1.04 bits per heavy atom. The fourth-order valence-electron chi connectivity index (χ4n) is 2.34. The van der Waals surface area contributed by atoms with Crippen molar-refractivity contribution in [3.8, 4) is 0 Å². The lowest BCUT2D eigenvalue weighted by Gasteiger charge is -2.07. The Morgan fingerprint density at radius 2 is 1.78 bits per heavy atom. The van der Waals surface area contributed by atoms with Gasteiger partial charge in [-0.15, -0.1) is 11.8 Å². The summed E-state index contributed by atoms with van der Waals surface area (Å²) in [6.45, 7) is 1.59. The monoisotopic (exact) mass is 381 g/mol. The summed E-state index contributed by atoms with van der Waals surface area (Å²) in [4.78, 5) is 25.3. The van der Waals surface area contributed by atoms with E-state index in [0.29, 0.717) is 11.4 Å². The van der Waals surface area contributed by atoms with Crippen molar-refractivity contribution in [3.63, 3.8) is 0 Å². The predicted molar refractivity (Wildman–Crippen MR) is 105 cm³/mol. The largest absolute Gasteiger partial charge is 0.457 e. The topological polar surface area (TPSA) is 68.5 Å². The molecule has 0 bridgehead atoms. The van der Waals surface area contributed by atoms with Gasteiger partial charge in [0.05, 0.1) is 6.26 Å². The second kappa shape index (κ2) is 9.09. The minimum Gasteiger partial charge on any atom is -0.457 e. The molecule has 1 heterocycles. The molecule has 27 heavy (non-hydrogen) atoms. The molecule has 0 aliphatic heterocycles. The first-order valence-corrected chi connectivity index (χ1v) is 9.38. The van der Waals surface area contributed by atoms with E-state index in [1.165, 1.54) is 6.26 Å². The van der Waals surface area contributed by atoms with Crippen molar-refractivity contribution < 1.29 is 18.7 Å². The average molecular weight is 381 g/mol. The highest BCUT2D eigenvalue weighted by molar-refractivity contribution is 7.98. The SMILES string of the molecule is Cc1ccc(NC(=O)COC(=O)c2occc2CSc2ccccc2)cc1. The molecule has 3 aromatic rings. The van der Waals surface area contributed by atoms with Crippen molar-refractivity contribution in [2.45, 2.75) is 17.6 Å². The Bertz CT molecular complexity index is 903. The molecule has 0 unspecified atom stereocenters. The van der Waals surface area contributed by atoms with Gasteiger partial charge in [-0.1, -0.05) is 35.9 Å². The number of esters is 1. The molecule has 3 rings (SSSR count). The van der Waals surface area contributed by atoms with Gasteiger partial charge in [0.25, 0.3) is 5.91 Å². The zero-order valence-electron chi connectivity index (χ0n) is 14.8. The maximum Gasteiger partial charge on any atom is 0.375 e. The predicted octanol–water partition coefficient (Wildman–Crippen LogP) is 4.68. The van der Waals surface area contributed by atoms with E-state index in [4.69, 9.17) is 9.15 Å². The first-order valence-electron chi connectivity index (χ1n) is 8.39. The molecule has 0 radical (unpaired) electrons. The minimum atomic E-state index is -0.650. The van der Waals surface area contributed by atoms with Gasteiger partial charge in [0.15, 0.2) is 6.61 Å². The third-order valence-corrected chi connectivity index (χ3v) is 4.80. The highest BCUT2D eigenvalue weighted by Gasteiger charge is 2.18. The van der Waals surface area contributed by atoms with Crippen LogP contribution in [0.15, 0.2) is 76.2 Å². The van der Waals surface area contributed by atoms with Crippen LogP contribution in [0.25, 0.3) is 0 Å². The number of carbonyl (C=O) groups excluding carboxylic acids is 2. The second-order valence-electron chi connectivity index (χ2n) is 5.87. The average Bonchev–Trinajstić information content (AvgIpc) is 3.16. The lowest BCUT2D eigenvalue weighted by atomic mass is 10.2. The molecule has 0 fully saturated rings. The fourth-order valence-corrected chi connectivity index (χ4v) is 3.24. The van der Waals surface area contributed by atoms with Crippen molar-refractivity contribution in [2.24, 2.45) is 0 Å². The summed E-state index contributed by atoms with van der Waals surface area (Å²) >= 11 is 1.59. The number of anilines is 1. The normalized spacial score (nSPS) is 10.4. The van der Waals surface area contributed by atoms with Crippen LogP contribution in [0.5, 0.6) is 0 Å². The quantitative estimate of drug-likeness (QED) is 0.475. The van der Waals surface area contributed by atoms with Crippen LogP contribution in [-0.4, -0.2) is 18.5 Å². The Balaban J connectivity index is 1.51. The number of carbonyl (C=O) groups is 2. The number of rotatable bonds is 7. The number of ether oxygens (including phenoxy) is 1. The molecule has 0 saturated heterocycles. The molecule has 5 nitrogen and oxygen atoms in total. The van der Waals surface area contributed by atoms with Crippen molar-refractivity contribution in [1.82, 2.24) is 0 Å². The molecule has 0 aliphatic carbocycles. The highest BCUT2D eigenvalue weighted by atomic mass is 32.2. The Hall–Kier alpha value is -2.99. The molecular formula is C21H19NO4S. The Labute approximate surface area is 161 Å². The molecule has 1 N–H and O–H groups in total. The van der Waals surface area contributed by atoms with Crippen LogP contribution < -0.4 is 5.32 Å². The molecule has 1 aromatic heterocycles. The second-order valence-corrected chi connectivity index (χ2v) is 6.92. The summed E-state index contributed by atoms with van der Waals surface area (Å²) in [5.74, 6) is -0.358. The Morgan fingerprint density at radius 3 is 2.52 bits per heavy atom. The molecule has 6 heteroatoms. The van der Waals surface area contributed by atoms with E-state index in [2.05, 4.69) is 5.32 Å². The number of furan rings is 1. The lowest BCUT2D eigenvalue weighted by Crippen LogP contribution is -2.21. The van der Waals surface area contributed by atoms with Crippen LogP contribution in [0.4, 0.5) is 5.69 Å². The number of aryl methyl sites for hydroxylation is 1. The summed E-state index contributed by atoms with van der Waals surface area (Å²) in [6, 6.07) is 19.0. The van der Waals surface area contributed by atoms with E-state index in [-0.39, 0.29) is 12.4 Å². The maximum atomic E-state index is 12.2. The van der Waals surface area contributed by atoms with Gasteiger partial charge in [-0.2, -0.15) is 0 Å². The summed E-state index contributed by atoms with van der Waals surface area (Å²) < 4.78 is 10.3. The number of hydrogen-bond donors (Lipinski definition) is 1. The fraction of sp³-hybridized carbons (Fsp3) is 0.143. The first-order chi connectivity index (χ1) is 13.1. The van der Waals surface area contributed by atoms with Crippen LogP contribution >= 0.6 is 11.8 Å². The number of hydrogen-bond acceptors (Lipinski definition) is 5. The van der Waals surface area contributed by atoms with Crippen LogP contribution in [0.2, 0.25) is 0 Å². The van der Waals surface area contributed by atoms with Gasteiger partial charge >= 0.3 is 5.97 Å².